The quantitative estimate of drug-likeness (QED) is 0.119. The second kappa shape index (κ2) is 16.2. The van der Waals surface area contributed by atoms with Gasteiger partial charge in [0.05, 0.1) is 19.3 Å². The Morgan fingerprint density at radius 1 is 0.918 bits per heavy atom. The number of rotatable bonds is 13. The lowest BCUT2D eigenvalue weighted by Crippen LogP contribution is -2.48. The van der Waals surface area contributed by atoms with Crippen molar-refractivity contribution in [1.29, 1.82) is 0 Å². The lowest BCUT2D eigenvalue weighted by molar-refractivity contribution is -0.122. The molecule has 6 rings (SSSR count). The van der Waals surface area contributed by atoms with Crippen molar-refractivity contribution in [3.63, 3.8) is 0 Å². The van der Waals surface area contributed by atoms with Gasteiger partial charge < -0.3 is 19.1 Å². The van der Waals surface area contributed by atoms with Gasteiger partial charge in [0.2, 0.25) is 11.7 Å². The average Bonchev–Trinajstić information content (AvgIpc) is 3.58. The number of hydrazone groups is 1. The molecule has 252 valence electrons. The maximum atomic E-state index is 13.4. The van der Waals surface area contributed by atoms with Gasteiger partial charge in [-0.15, -0.1) is 0 Å². The van der Waals surface area contributed by atoms with Crippen molar-refractivity contribution < 1.29 is 28.3 Å². The maximum Gasteiger partial charge on any atom is 0.254 e. The first-order valence-corrected chi connectivity index (χ1v) is 16.0. The monoisotopic (exact) mass is 684 g/mol. The Morgan fingerprint density at radius 2 is 1.63 bits per heavy atom. The molecule has 1 aliphatic rings. The van der Waals surface area contributed by atoms with Crippen LogP contribution in [0.25, 0.3) is 11.4 Å². The second-order valence-corrected chi connectivity index (χ2v) is 11.9. The number of hydrogen-bond acceptors (Lipinski definition) is 10. The van der Waals surface area contributed by atoms with Gasteiger partial charge in [-0.05, 0) is 65.7 Å². The maximum absolute atomic E-state index is 13.4. The van der Waals surface area contributed by atoms with E-state index in [1.165, 1.54) is 24.4 Å². The normalized spacial score (nSPS) is 13.8. The molecule has 1 amide bonds. The van der Waals surface area contributed by atoms with Crippen LogP contribution >= 0.6 is 11.6 Å². The third kappa shape index (κ3) is 9.86. The molecule has 0 unspecified atom stereocenters. The van der Waals surface area contributed by atoms with Crippen LogP contribution in [0.3, 0.4) is 0 Å². The molecule has 0 radical (unpaired) electrons. The van der Waals surface area contributed by atoms with E-state index in [2.05, 4.69) is 25.6 Å². The van der Waals surface area contributed by atoms with Gasteiger partial charge in [-0.1, -0.05) is 53.2 Å². The molecule has 13 heteroatoms. The van der Waals surface area contributed by atoms with E-state index >= 15 is 0 Å². The van der Waals surface area contributed by atoms with Crippen molar-refractivity contribution in [3.05, 3.63) is 124 Å². The van der Waals surface area contributed by atoms with Gasteiger partial charge in [-0.3, -0.25) is 14.6 Å². The summed E-state index contributed by atoms with van der Waals surface area (Å²) in [5.74, 6) is 1.63. The predicted octanol–water partition coefficient (Wildman–Crippen LogP) is 5.66. The largest absolute Gasteiger partial charge is 0.507 e. The molecule has 0 spiro atoms. The van der Waals surface area contributed by atoms with Gasteiger partial charge in [0.25, 0.3) is 5.91 Å². The topological polar surface area (TPSA) is 126 Å². The summed E-state index contributed by atoms with van der Waals surface area (Å²) in [7, 11) is 0. The number of hydrogen-bond donors (Lipinski definition) is 2. The van der Waals surface area contributed by atoms with Gasteiger partial charge in [0.15, 0.2) is 0 Å². The van der Waals surface area contributed by atoms with E-state index < -0.39 is 0 Å². The standard InChI is InChI=1S/C36H34ClFN6O5/c37-29-8-10-31(11-9-29)47-23-25-4-6-27(7-5-25)36-40-35(49-42-36)22-44-16-14-43(15-17-44)21-34(46)41-39-20-28-19-32(12-13-33(28)45)48-24-26-2-1-3-30(38)18-26/h1-13,18-20,45H,14-17,21-24H2,(H,41,46)/b39-20+. The van der Waals surface area contributed by atoms with E-state index in [0.717, 1.165) is 30.0 Å². The molecule has 0 bridgehead atoms. The Balaban J connectivity index is 0.908. The lowest BCUT2D eigenvalue weighted by atomic mass is 10.1. The molecule has 1 fully saturated rings. The summed E-state index contributed by atoms with van der Waals surface area (Å²) < 4.78 is 30.5. The van der Waals surface area contributed by atoms with E-state index in [1.54, 1.807) is 36.4 Å². The lowest BCUT2D eigenvalue weighted by Gasteiger charge is -2.33. The molecular weight excluding hydrogens is 651 g/mol. The number of carbonyl (C=O) groups excluding carboxylic acids is 1. The zero-order chi connectivity index (χ0) is 34.0. The number of aromatic nitrogens is 2. The minimum absolute atomic E-state index is 0.0187. The van der Waals surface area contributed by atoms with Crippen molar-refractivity contribution in [1.82, 2.24) is 25.4 Å². The predicted molar refractivity (Wildman–Crippen MR) is 182 cm³/mol. The van der Waals surface area contributed by atoms with Crippen LogP contribution in [-0.2, 0) is 24.6 Å². The Labute approximate surface area is 287 Å². The number of aromatic hydroxyl groups is 1. The summed E-state index contributed by atoms with van der Waals surface area (Å²) in [4.78, 5) is 21.4. The molecule has 1 aromatic heterocycles. The minimum Gasteiger partial charge on any atom is -0.507 e. The summed E-state index contributed by atoms with van der Waals surface area (Å²) >= 11 is 5.93. The van der Waals surface area contributed by atoms with Crippen LogP contribution in [0.15, 0.2) is 101 Å². The van der Waals surface area contributed by atoms with E-state index in [4.69, 9.17) is 25.6 Å². The molecule has 49 heavy (non-hydrogen) atoms. The molecule has 2 heterocycles. The molecule has 0 aliphatic carbocycles. The summed E-state index contributed by atoms with van der Waals surface area (Å²) in [6.07, 6.45) is 1.35. The van der Waals surface area contributed by atoms with Crippen LogP contribution in [0.4, 0.5) is 4.39 Å². The van der Waals surface area contributed by atoms with Gasteiger partial charge in [-0.25, -0.2) is 9.82 Å². The van der Waals surface area contributed by atoms with E-state index in [-0.39, 0.29) is 30.6 Å². The number of nitrogens with zero attached hydrogens (tertiary/aromatic N) is 5. The number of carbonyl (C=O) groups is 1. The third-order valence-electron chi connectivity index (χ3n) is 7.78. The number of benzene rings is 4. The number of halogens is 2. The Morgan fingerprint density at radius 3 is 2.41 bits per heavy atom. The molecule has 0 saturated carbocycles. The molecular formula is C36H34ClFN6O5. The average molecular weight is 685 g/mol. The van der Waals surface area contributed by atoms with E-state index in [9.17, 15) is 14.3 Å². The number of nitrogens with one attached hydrogen (secondary N) is 1. The highest BCUT2D eigenvalue weighted by Gasteiger charge is 2.21. The highest BCUT2D eigenvalue weighted by atomic mass is 35.5. The van der Waals surface area contributed by atoms with Crippen molar-refractivity contribution in [3.8, 4) is 28.6 Å². The number of piperazine rings is 1. The van der Waals surface area contributed by atoms with Crippen LogP contribution in [-0.4, -0.2) is 69.9 Å². The van der Waals surface area contributed by atoms with Crippen molar-refractivity contribution in [2.45, 2.75) is 19.8 Å². The Kier molecular flexibility index (Phi) is 11.1. The van der Waals surface area contributed by atoms with Crippen LogP contribution in [0.5, 0.6) is 17.2 Å². The number of phenols is 1. The van der Waals surface area contributed by atoms with Gasteiger partial charge in [-0.2, -0.15) is 10.1 Å². The Bertz CT molecular complexity index is 1880. The zero-order valence-electron chi connectivity index (χ0n) is 26.5. The summed E-state index contributed by atoms with van der Waals surface area (Å²) in [5, 5.41) is 19.0. The van der Waals surface area contributed by atoms with Gasteiger partial charge in [0, 0.05) is 42.3 Å². The van der Waals surface area contributed by atoms with Crippen molar-refractivity contribution >= 4 is 23.7 Å². The highest BCUT2D eigenvalue weighted by Crippen LogP contribution is 2.23. The fraction of sp³-hybridized carbons (Fsp3) is 0.222. The minimum atomic E-state index is -0.340. The second-order valence-electron chi connectivity index (χ2n) is 11.4. The summed E-state index contributed by atoms with van der Waals surface area (Å²) in [6.45, 7) is 4.11. The zero-order valence-corrected chi connectivity index (χ0v) is 27.2. The smallest absolute Gasteiger partial charge is 0.254 e. The number of phenolic OH excluding ortho intramolecular Hbond substituents is 1. The van der Waals surface area contributed by atoms with Crippen LogP contribution < -0.4 is 14.9 Å². The van der Waals surface area contributed by atoms with Crippen molar-refractivity contribution in [2.24, 2.45) is 5.10 Å². The summed E-state index contributed by atoms with van der Waals surface area (Å²) in [5.41, 5.74) is 5.42. The highest BCUT2D eigenvalue weighted by molar-refractivity contribution is 6.30. The third-order valence-corrected chi connectivity index (χ3v) is 8.03. The van der Waals surface area contributed by atoms with Gasteiger partial charge >= 0.3 is 0 Å². The SMILES string of the molecule is O=C(CN1CCN(Cc2nc(-c3ccc(COc4ccc(Cl)cc4)cc3)no2)CC1)N/N=C/c1cc(OCc2cccc(F)c2)ccc1O. The van der Waals surface area contributed by atoms with Crippen LogP contribution in [0.1, 0.15) is 22.6 Å². The molecule has 5 aromatic rings. The van der Waals surface area contributed by atoms with E-state index in [1.807, 2.05) is 41.3 Å². The first kappa shape index (κ1) is 33.6. The molecule has 4 aromatic carbocycles. The fourth-order valence-electron chi connectivity index (χ4n) is 5.11. The molecule has 1 saturated heterocycles. The van der Waals surface area contributed by atoms with Crippen LogP contribution in [0, 0.1) is 5.82 Å². The summed E-state index contributed by atoms with van der Waals surface area (Å²) in [6, 6.07) is 25.9. The van der Waals surface area contributed by atoms with Crippen LogP contribution in [0.2, 0.25) is 5.02 Å². The van der Waals surface area contributed by atoms with E-state index in [0.29, 0.717) is 59.9 Å². The Hall–Kier alpha value is -5.30. The number of amides is 1. The molecule has 11 nitrogen and oxygen atoms in total. The number of ether oxygens (including phenoxy) is 2. The molecule has 2 N–H and O–H groups in total. The van der Waals surface area contributed by atoms with Gasteiger partial charge in [0.1, 0.15) is 36.3 Å². The first-order chi connectivity index (χ1) is 23.9. The first-order valence-electron chi connectivity index (χ1n) is 15.6. The molecule has 1 aliphatic heterocycles. The fourth-order valence-corrected chi connectivity index (χ4v) is 5.24. The molecule has 0 atom stereocenters. The van der Waals surface area contributed by atoms with Crippen molar-refractivity contribution in [2.75, 3.05) is 32.7 Å².